The molecule has 1 aromatic rings. The number of methoxy groups -OCH3 is 1. The second kappa shape index (κ2) is 4.80. The van der Waals surface area contributed by atoms with E-state index < -0.39 is 11.4 Å². The first-order valence-corrected chi connectivity index (χ1v) is 5.89. The van der Waals surface area contributed by atoms with Crippen molar-refractivity contribution in [3.63, 3.8) is 0 Å². The molecule has 18 heavy (non-hydrogen) atoms. The van der Waals surface area contributed by atoms with Crippen LogP contribution >= 0.6 is 0 Å². The Morgan fingerprint density at radius 1 is 1.56 bits per heavy atom. The van der Waals surface area contributed by atoms with Gasteiger partial charge in [-0.15, -0.1) is 0 Å². The standard InChI is InChI=1S/C12H17N3O3/c1-12(11(16)17)4-3-5-15(8-12)9-6-13-7-10(14-9)18-2/h6-7H,3-5,8H2,1-2H3,(H,16,17). The van der Waals surface area contributed by atoms with Gasteiger partial charge in [-0.25, -0.2) is 0 Å². The fourth-order valence-corrected chi connectivity index (χ4v) is 2.20. The molecule has 6 heteroatoms. The van der Waals surface area contributed by atoms with Crippen molar-refractivity contribution in [3.05, 3.63) is 12.4 Å². The molecule has 1 aliphatic heterocycles. The fourth-order valence-electron chi connectivity index (χ4n) is 2.20. The molecule has 98 valence electrons. The van der Waals surface area contributed by atoms with E-state index in [9.17, 15) is 9.90 Å². The van der Waals surface area contributed by atoms with Crippen molar-refractivity contribution >= 4 is 11.8 Å². The summed E-state index contributed by atoms with van der Waals surface area (Å²) in [5.41, 5.74) is -0.719. The summed E-state index contributed by atoms with van der Waals surface area (Å²) in [7, 11) is 1.53. The number of rotatable bonds is 3. The Hall–Kier alpha value is -1.85. The van der Waals surface area contributed by atoms with Gasteiger partial charge in [-0.2, -0.15) is 4.98 Å². The van der Waals surface area contributed by atoms with Crippen molar-refractivity contribution in [1.82, 2.24) is 9.97 Å². The third-order valence-electron chi connectivity index (χ3n) is 3.35. The molecule has 0 aliphatic carbocycles. The number of hydrogen-bond donors (Lipinski definition) is 1. The lowest BCUT2D eigenvalue weighted by Gasteiger charge is -2.38. The molecule has 1 aromatic heterocycles. The molecular weight excluding hydrogens is 234 g/mol. The molecule has 1 fully saturated rings. The van der Waals surface area contributed by atoms with Crippen LogP contribution in [0.25, 0.3) is 0 Å². The van der Waals surface area contributed by atoms with Crippen LogP contribution in [0.2, 0.25) is 0 Å². The number of carboxylic acids is 1. The van der Waals surface area contributed by atoms with Gasteiger partial charge in [0, 0.05) is 13.1 Å². The van der Waals surface area contributed by atoms with Crippen molar-refractivity contribution in [2.24, 2.45) is 5.41 Å². The van der Waals surface area contributed by atoms with Crippen LogP contribution in [0.15, 0.2) is 12.4 Å². The van der Waals surface area contributed by atoms with Gasteiger partial charge in [0.2, 0.25) is 5.88 Å². The Kier molecular flexibility index (Phi) is 3.36. The quantitative estimate of drug-likeness (QED) is 0.869. The second-order valence-corrected chi connectivity index (χ2v) is 4.81. The Labute approximate surface area is 106 Å². The summed E-state index contributed by atoms with van der Waals surface area (Å²) >= 11 is 0. The van der Waals surface area contributed by atoms with Gasteiger partial charge in [-0.05, 0) is 19.8 Å². The lowest BCUT2D eigenvalue weighted by atomic mass is 9.82. The van der Waals surface area contributed by atoms with Gasteiger partial charge < -0.3 is 14.7 Å². The Balaban J connectivity index is 2.20. The van der Waals surface area contributed by atoms with E-state index >= 15 is 0 Å². The van der Waals surface area contributed by atoms with Gasteiger partial charge in [-0.3, -0.25) is 9.78 Å². The second-order valence-electron chi connectivity index (χ2n) is 4.81. The highest BCUT2D eigenvalue weighted by atomic mass is 16.5. The van der Waals surface area contributed by atoms with Gasteiger partial charge in [0.15, 0.2) is 5.82 Å². The highest BCUT2D eigenvalue weighted by molar-refractivity contribution is 5.75. The summed E-state index contributed by atoms with van der Waals surface area (Å²) in [6, 6.07) is 0. The predicted octanol–water partition coefficient (Wildman–Crippen LogP) is 1.18. The van der Waals surface area contributed by atoms with E-state index in [2.05, 4.69) is 9.97 Å². The lowest BCUT2D eigenvalue weighted by molar-refractivity contribution is -0.148. The minimum Gasteiger partial charge on any atom is -0.481 e. The molecule has 0 radical (unpaired) electrons. The molecule has 6 nitrogen and oxygen atoms in total. The average Bonchev–Trinajstić information content (AvgIpc) is 2.39. The molecule has 2 heterocycles. The van der Waals surface area contributed by atoms with E-state index in [0.717, 1.165) is 13.0 Å². The zero-order valence-corrected chi connectivity index (χ0v) is 10.6. The monoisotopic (exact) mass is 251 g/mol. The van der Waals surface area contributed by atoms with Crippen molar-refractivity contribution in [3.8, 4) is 5.88 Å². The molecule has 1 aliphatic rings. The maximum Gasteiger partial charge on any atom is 0.311 e. The Bertz CT molecular complexity index is 452. The van der Waals surface area contributed by atoms with E-state index in [1.807, 2.05) is 4.90 Å². The van der Waals surface area contributed by atoms with Crippen LogP contribution in [0.5, 0.6) is 5.88 Å². The number of nitrogens with zero attached hydrogens (tertiary/aromatic N) is 3. The van der Waals surface area contributed by atoms with Crippen LogP contribution < -0.4 is 9.64 Å². The zero-order chi connectivity index (χ0) is 13.2. The van der Waals surface area contributed by atoms with E-state index in [1.165, 1.54) is 13.3 Å². The third-order valence-corrected chi connectivity index (χ3v) is 3.35. The minimum atomic E-state index is -0.761. The van der Waals surface area contributed by atoms with Crippen LogP contribution in [0.3, 0.4) is 0 Å². The molecule has 1 unspecified atom stereocenters. The summed E-state index contributed by atoms with van der Waals surface area (Å²) in [6.07, 6.45) is 4.69. The molecule has 1 atom stereocenters. The van der Waals surface area contributed by atoms with Crippen molar-refractivity contribution in [1.29, 1.82) is 0 Å². The van der Waals surface area contributed by atoms with E-state index in [0.29, 0.717) is 24.7 Å². The Morgan fingerprint density at radius 3 is 3.00 bits per heavy atom. The zero-order valence-electron chi connectivity index (χ0n) is 10.6. The molecule has 2 rings (SSSR count). The molecule has 0 saturated carbocycles. The number of anilines is 1. The topological polar surface area (TPSA) is 75.5 Å². The summed E-state index contributed by atoms with van der Waals surface area (Å²) in [5, 5.41) is 9.28. The number of carboxylic acid groups (broad SMARTS) is 1. The summed E-state index contributed by atoms with van der Waals surface area (Å²) in [6.45, 7) is 3.02. The number of aromatic nitrogens is 2. The van der Waals surface area contributed by atoms with Gasteiger partial charge >= 0.3 is 5.97 Å². The van der Waals surface area contributed by atoms with E-state index in [1.54, 1.807) is 13.1 Å². The number of ether oxygens (including phenoxy) is 1. The largest absolute Gasteiger partial charge is 0.481 e. The smallest absolute Gasteiger partial charge is 0.311 e. The first-order valence-electron chi connectivity index (χ1n) is 5.89. The van der Waals surface area contributed by atoms with Crippen LogP contribution in [0, 0.1) is 5.41 Å². The van der Waals surface area contributed by atoms with Crippen LogP contribution in [-0.2, 0) is 4.79 Å². The minimum absolute atomic E-state index is 0.440. The highest BCUT2D eigenvalue weighted by Gasteiger charge is 2.38. The third kappa shape index (κ3) is 2.37. The van der Waals surface area contributed by atoms with Crippen molar-refractivity contribution < 1.29 is 14.6 Å². The molecule has 0 amide bonds. The molecule has 0 bridgehead atoms. The predicted molar refractivity (Wildman–Crippen MR) is 65.8 cm³/mol. The first-order chi connectivity index (χ1) is 8.55. The average molecular weight is 251 g/mol. The molecule has 1 saturated heterocycles. The highest BCUT2D eigenvalue weighted by Crippen LogP contribution is 2.31. The molecule has 1 N–H and O–H groups in total. The first kappa shape index (κ1) is 12.6. The van der Waals surface area contributed by atoms with Crippen molar-refractivity contribution in [2.75, 3.05) is 25.1 Å². The lowest BCUT2D eigenvalue weighted by Crippen LogP contribution is -2.46. The van der Waals surface area contributed by atoms with Crippen LogP contribution in [0.4, 0.5) is 5.82 Å². The van der Waals surface area contributed by atoms with E-state index in [-0.39, 0.29) is 0 Å². The van der Waals surface area contributed by atoms with Crippen molar-refractivity contribution in [2.45, 2.75) is 19.8 Å². The molecule has 0 aromatic carbocycles. The number of hydrogen-bond acceptors (Lipinski definition) is 5. The SMILES string of the molecule is COc1cncc(N2CCCC(C)(C(=O)O)C2)n1. The number of carbonyl (C=O) groups is 1. The number of piperidine rings is 1. The molecule has 0 spiro atoms. The van der Waals surface area contributed by atoms with Gasteiger partial charge in [0.05, 0.1) is 24.9 Å². The molecular formula is C12H17N3O3. The Morgan fingerprint density at radius 2 is 2.33 bits per heavy atom. The number of aliphatic carboxylic acids is 1. The normalized spacial score (nSPS) is 23.8. The fraction of sp³-hybridized carbons (Fsp3) is 0.583. The van der Waals surface area contributed by atoms with Gasteiger partial charge in [0.25, 0.3) is 0 Å². The van der Waals surface area contributed by atoms with Gasteiger partial charge in [0.1, 0.15) is 0 Å². The maximum atomic E-state index is 11.3. The summed E-state index contributed by atoms with van der Waals surface area (Å²) in [4.78, 5) is 21.6. The van der Waals surface area contributed by atoms with Gasteiger partial charge in [-0.1, -0.05) is 0 Å². The summed E-state index contributed by atoms with van der Waals surface area (Å²) in [5.74, 6) is 0.347. The summed E-state index contributed by atoms with van der Waals surface area (Å²) < 4.78 is 5.03. The maximum absolute atomic E-state index is 11.3. The van der Waals surface area contributed by atoms with E-state index in [4.69, 9.17) is 4.74 Å². The van der Waals surface area contributed by atoms with Crippen LogP contribution in [-0.4, -0.2) is 41.2 Å². The van der Waals surface area contributed by atoms with Crippen LogP contribution in [0.1, 0.15) is 19.8 Å².